The molecular weight excluding hydrogens is 280 g/mol. The molecule has 1 rings (SSSR count). The summed E-state index contributed by atoms with van der Waals surface area (Å²) in [4.78, 5) is 4.37. The van der Waals surface area contributed by atoms with Gasteiger partial charge in [-0.25, -0.2) is 8.78 Å². The molecular formula is C14H25F2N3O2. The fourth-order valence-corrected chi connectivity index (χ4v) is 2.37. The predicted molar refractivity (Wildman–Crippen MR) is 75.5 cm³/mol. The molecule has 0 saturated heterocycles. The van der Waals surface area contributed by atoms with Crippen LogP contribution in [-0.2, 0) is 11.2 Å². The van der Waals surface area contributed by atoms with Gasteiger partial charge in [0.2, 0.25) is 5.89 Å². The van der Waals surface area contributed by atoms with Crippen LogP contribution in [-0.4, -0.2) is 42.4 Å². The standard InChI is InChI=1S/C14H25F2N3O2/c1-5-17-10(4)13(9(2)3)14-18-12(19-21-14)6-7-20-8-11(15)16/h9-11,13,17H,5-8H2,1-4H3. The Hall–Kier alpha value is -1.08. The van der Waals surface area contributed by atoms with Crippen LogP contribution in [0.25, 0.3) is 0 Å². The summed E-state index contributed by atoms with van der Waals surface area (Å²) < 4.78 is 34.0. The van der Waals surface area contributed by atoms with E-state index < -0.39 is 13.0 Å². The lowest BCUT2D eigenvalue weighted by Crippen LogP contribution is -2.34. The Morgan fingerprint density at radius 3 is 2.57 bits per heavy atom. The number of nitrogens with zero attached hydrogens (tertiary/aromatic N) is 2. The second-order valence-electron chi connectivity index (χ2n) is 5.38. The van der Waals surface area contributed by atoms with Gasteiger partial charge in [0.25, 0.3) is 6.43 Å². The van der Waals surface area contributed by atoms with E-state index in [0.29, 0.717) is 24.1 Å². The summed E-state index contributed by atoms with van der Waals surface area (Å²) in [7, 11) is 0. The van der Waals surface area contributed by atoms with Crippen LogP contribution in [0.4, 0.5) is 8.78 Å². The summed E-state index contributed by atoms with van der Waals surface area (Å²) in [6, 6.07) is 0.221. The maximum absolute atomic E-state index is 11.9. The second kappa shape index (κ2) is 9.04. The number of hydrogen-bond acceptors (Lipinski definition) is 5. The molecule has 0 radical (unpaired) electrons. The Morgan fingerprint density at radius 1 is 1.29 bits per heavy atom. The molecule has 0 bridgehead atoms. The first-order valence-electron chi connectivity index (χ1n) is 7.37. The highest BCUT2D eigenvalue weighted by molar-refractivity contribution is 5.00. The van der Waals surface area contributed by atoms with Gasteiger partial charge in [-0.15, -0.1) is 0 Å². The number of halogens is 2. The van der Waals surface area contributed by atoms with Gasteiger partial charge >= 0.3 is 0 Å². The smallest absolute Gasteiger partial charge is 0.261 e. The summed E-state index contributed by atoms with van der Waals surface area (Å²) in [6.07, 6.45) is -2.08. The van der Waals surface area contributed by atoms with Crippen molar-refractivity contribution in [3.63, 3.8) is 0 Å². The number of nitrogens with one attached hydrogen (secondary N) is 1. The highest BCUT2D eigenvalue weighted by atomic mass is 19.3. The molecule has 0 spiro atoms. The van der Waals surface area contributed by atoms with Crippen LogP contribution < -0.4 is 5.32 Å². The fourth-order valence-electron chi connectivity index (χ4n) is 2.37. The summed E-state index contributed by atoms with van der Waals surface area (Å²) >= 11 is 0. The van der Waals surface area contributed by atoms with Crippen LogP contribution in [0.15, 0.2) is 4.52 Å². The van der Waals surface area contributed by atoms with Gasteiger partial charge in [-0.2, -0.15) is 4.98 Å². The molecule has 0 amide bonds. The van der Waals surface area contributed by atoms with Crippen LogP contribution in [0.1, 0.15) is 45.3 Å². The Balaban J connectivity index is 2.58. The highest BCUT2D eigenvalue weighted by Crippen LogP contribution is 2.26. The molecule has 21 heavy (non-hydrogen) atoms. The van der Waals surface area contributed by atoms with Gasteiger partial charge in [0, 0.05) is 12.5 Å². The molecule has 0 aromatic carbocycles. The summed E-state index contributed by atoms with van der Waals surface area (Å²) in [5.41, 5.74) is 0. The monoisotopic (exact) mass is 305 g/mol. The van der Waals surface area contributed by atoms with Crippen molar-refractivity contribution < 1.29 is 18.0 Å². The lowest BCUT2D eigenvalue weighted by Gasteiger charge is -2.24. The molecule has 122 valence electrons. The maximum atomic E-state index is 11.9. The summed E-state index contributed by atoms with van der Waals surface area (Å²) in [5, 5.41) is 7.26. The van der Waals surface area contributed by atoms with Gasteiger partial charge in [0.1, 0.15) is 6.61 Å². The van der Waals surface area contributed by atoms with Gasteiger partial charge in [0.15, 0.2) is 5.82 Å². The average molecular weight is 305 g/mol. The normalized spacial score (nSPS) is 14.9. The van der Waals surface area contributed by atoms with E-state index in [1.165, 1.54) is 0 Å². The van der Waals surface area contributed by atoms with E-state index >= 15 is 0 Å². The summed E-state index contributed by atoms with van der Waals surface area (Å²) in [6.45, 7) is 8.82. The zero-order valence-corrected chi connectivity index (χ0v) is 13.1. The molecule has 2 atom stereocenters. The van der Waals surface area contributed by atoms with Crippen molar-refractivity contribution in [1.82, 2.24) is 15.5 Å². The Kier molecular flexibility index (Phi) is 7.74. The van der Waals surface area contributed by atoms with E-state index in [1.807, 2.05) is 6.92 Å². The molecule has 2 unspecified atom stereocenters. The van der Waals surface area contributed by atoms with Gasteiger partial charge in [-0.1, -0.05) is 25.9 Å². The third kappa shape index (κ3) is 6.05. The minimum Gasteiger partial charge on any atom is -0.375 e. The minimum absolute atomic E-state index is 0.119. The quantitative estimate of drug-likeness (QED) is 0.673. The van der Waals surface area contributed by atoms with Gasteiger partial charge in [0.05, 0.1) is 12.5 Å². The van der Waals surface area contributed by atoms with Crippen LogP contribution in [0, 0.1) is 5.92 Å². The maximum Gasteiger partial charge on any atom is 0.261 e. The molecule has 1 N–H and O–H groups in total. The Bertz CT molecular complexity index is 399. The molecule has 0 aliphatic heterocycles. The number of likely N-dealkylation sites (N-methyl/N-ethyl adjacent to an activating group) is 1. The van der Waals surface area contributed by atoms with E-state index in [2.05, 4.69) is 36.2 Å². The number of hydrogen-bond donors (Lipinski definition) is 1. The van der Waals surface area contributed by atoms with E-state index in [9.17, 15) is 8.78 Å². The molecule has 0 saturated carbocycles. The van der Waals surface area contributed by atoms with Crippen molar-refractivity contribution in [2.24, 2.45) is 5.92 Å². The van der Waals surface area contributed by atoms with Crippen molar-refractivity contribution in [3.05, 3.63) is 11.7 Å². The number of aromatic nitrogens is 2. The first-order chi connectivity index (χ1) is 9.95. The van der Waals surface area contributed by atoms with Crippen LogP contribution in [0.2, 0.25) is 0 Å². The third-order valence-corrected chi connectivity index (χ3v) is 3.27. The SMILES string of the molecule is CCNC(C)C(c1nc(CCOCC(F)F)no1)C(C)C. The topological polar surface area (TPSA) is 60.2 Å². The van der Waals surface area contributed by atoms with Crippen molar-refractivity contribution >= 4 is 0 Å². The third-order valence-electron chi connectivity index (χ3n) is 3.27. The lowest BCUT2D eigenvalue weighted by atomic mass is 9.89. The van der Waals surface area contributed by atoms with Crippen LogP contribution in [0.5, 0.6) is 0 Å². The highest BCUT2D eigenvalue weighted by Gasteiger charge is 2.27. The van der Waals surface area contributed by atoms with E-state index in [4.69, 9.17) is 9.26 Å². The Labute approximate surface area is 124 Å². The first-order valence-corrected chi connectivity index (χ1v) is 7.37. The molecule has 0 aliphatic carbocycles. The predicted octanol–water partition coefficient (Wildman–Crippen LogP) is 2.63. The van der Waals surface area contributed by atoms with Gasteiger partial charge in [-0.05, 0) is 19.4 Å². The fraction of sp³-hybridized carbons (Fsp3) is 0.857. The first kappa shape index (κ1) is 18.0. The zero-order chi connectivity index (χ0) is 15.8. The molecule has 0 aliphatic rings. The minimum atomic E-state index is -2.45. The number of ether oxygens (including phenoxy) is 1. The molecule has 5 nitrogen and oxygen atoms in total. The average Bonchev–Trinajstić information content (AvgIpc) is 2.83. The molecule has 1 aromatic rings. The van der Waals surface area contributed by atoms with Crippen LogP contribution in [0.3, 0.4) is 0 Å². The van der Waals surface area contributed by atoms with Gasteiger partial charge in [-0.3, -0.25) is 0 Å². The largest absolute Gasteiger partial charge is 0.375 e. The van der Waals surface area contributed by atoms with E-state index in [-0.39, 0.29) is 18.6 Å². The van der Waals surface area contributed by atoms with E-state index in [1.54, 1.807) is 0 Å². The molecule has 0 fully saturated rings. The van der Waals surface area contributed by atoms with Crippen molar-refractivity contribution in [2.75, 3.05) is 19.8 Å². The molecule has 1 heterocycles. The zero-order valence-electron chi connectivity index (χ0n) is 13.1. The number of rotatable bonds is 10. The van der Waals surface area contributed by atoms with Crippen LogP contribution >= 0.6 is 0 Å². The molecule has 7 heteroatoms. The second-order valence-corrected chi connectivity index (χ2v) is 5.38. The Morgan fingerprint density at radius 2 is 2.00 bits per heavy atom. The van der Waals surface area contributed by atoms with Gasteiger partial charge < -0.3 is 14.6 Å². The van der Waals surface area contributed by atoms with Crippen molar-refractivity contribution in [1.29, 1.82) is 0 Å². The van der Waals surface area contributed by atoms with Crippen molar-refractivity contribution in [2.45, 2.75) is 52.5 Å². The molecule has 1 aromatic heterocycles. The van der Waals surface area contributed by atoms with E-state index in [0.717, 1.165) is 6.54 Å². The summed E-state index contributed by atoms with van der Waals surface area (Å²) in [5.74, 6) is 1.55. The van der Waals surface area contributed by atoms with Crippen molar-refractivity contribution in [3.8, 4) is 0 Å². The lowest BCUT2D eigenvalue weighted by molar-refractivity contribution is 0.0182. The number of alkyl halides is 2.